The van der Waals surface area contributed by atoms with Crippen LogP contribution in [0.3, 0.4) is 0 Å². The first kappa shape index (κ1) is 26.6. The second-order valence-corrected chi connectivity index (χ2v) is 10.2. The van der Waals surface area contributed by atoms with Crippen molar-refractivity contribution in [2.45, 2.75) is 52.3 Å². The molecule has 3 aromatic rings. The molecule has 1 aliphatic rings. The Hall–Kier alpha value is -3.50. The number of nitrogens with zero attached hydrogens (tertiary/aromatic N) is 4. The Morgan fingerprint density at radius 3 is 2.41 bits per heavy atom. The van der Waals surface area contributed by atoms with Crippen molar-refractivity contribution in [3.63, 3.8) is 0 Å². The van der Waals surface area contributed by atoms with E-state index in [1.54, 1.807) is 42.5 Å². The lowest BCUT2D eigenvalue weighted by atomic mass is 10.0. The van der Waals surface area contributed by atoms with Crippen LogP contribution in [0.5, 0.6) is 5.75 Å². The lowest BCUT2D eigenvalue weighted by molar-refractivity contribution is -0.119. The molecule has 0 unspecified atom stereocenters. The summed E-state index contributed by atoms with van der Waals surface area (Å²) in [7, 11) is 0. The number of nitrogens with one attached hydrogen (secondary N) is 1. The number of nitroso groups, excluding NO2 is 1. The van der Waals surface area contributed by atoms with Crippen LogP contribution in [0.1, 0.15) is 38.7 Å². The number of benzene rings is 2. The Bertz CT molecular complexity index is 1520. The third kappa shape index (κ3) is 6.44. The molecule has 194 valence electrons. The Kier molecular flexibility index (Phi) is 7.79. The number of rotatable bonds is 9. The number of halogens is 2. The highest BCUT2D eigenvalue weighted by Crippen LogP contribution is 2.50. The van der Waals surface area contributed by atoms with Gasteiger partial charge in [0.1, 0.15) is 5.75 Å². The molecule has 10 nitrogen and oxygen atoms in total. The van der Waals surface area contributed by atoms with Crippen LogP contribution in [0, 0.1) is 10.3 Å². The van der Waals surface area contributed by atoms with Crippen molar-refractivity contribution in [2.75, 3.05) is 0 Å². The van der Waals surface area contributed by atoms with E-state index in [4.69, 9.17) is 27.9 Å². The lowest BCUT2D eigenvalue weighted by Crippen LogP contribution is -2.51. The van der Waals surface area contributed by atoms with Crippen LogP contribution in [-0.4, -0.2) is 26.1 Å². The molecule has 1 N–H and O–H groups in total. The van der Waals surface area contributed by atoms with Crippen molar-refractivity contribution < 1.29 is 9.53 Å². The molecule has 1 fully saturated rings. The minimum Gasteiger partial charge on any atom is -0.489 e. The van der Waals surface area contributed by atoms with Gasteiger partial charge in [0.25, 0.3) is 5.91 Å². The highest BCUT2D eigenvalue weighted by atomic mass is 35.5. The zero-order valence-electron chi connectivity index (χ0n) is 20.2. The maximum atomic E-state index is 13.6. The molecule has 0 saturated heterocycles. The summed E-state index contributed by atoms with van der Waals surface area (Å²) in [5.74, 6) is -0.313. The Balaban J connectivity index is 1.80. The standard InChI is InChI=1S/C25H25Cl2N5O5/c1-15(2)37-20-8-7-18(11-19(20)27)28-22-29-23(34)32(14-25(9-10-25)12-21(33)30-36)24(35)31(22)13-16-3-5-17(26)6-4-16/h3-8,11,15H,9-10,12-14H2,1-2H3,(H,28,29,34). The van der Waals surface area contributed by atoms with Crippen LogP contribution < -0.4 is 21.7 Å². The summed E-state index contributed by atoms with van der Waals surface area (Å²) in [6, 6.07) is 11.8. The van der Waals surface area contributed by atoms with Crippen molar-refractivity contribution >= 4 is 34.8 Å². The maximum Gasteiger partial charge on any atom is 0.335 e. The normalized spacial score (nSPS) is 14.6. The van der Waals surface area contributed by atoms with E-state index in [9.17, 15) is 19.3 Å². The molecular formula is C25H25Cl2N5O5. The van der Waals surface area contributed by atoms with Crippen molar-refractivity contribution in [1.82, 2.24) is 14.1 Å². The van der Waals surface area contributed by atoms with Gasteiger partial charge in [-0.05, 0) is 68.0 Å². The number of carbonyl (C=O) groups is 1. The SMILES string of the molecule is CC(C)Oc1ccc(/N=c2\[nH]c(=O)n(CC3(CC(=O)N=O)CC3)c(=O)n2Cc2ccc(Cl)cc2)cc1Cl. The average Bonchev–Trinajstić information content (AvgIpc) is 3.61. The van der Waals surface area contributed by atoms with Crippen LogP contribution in [0.25, 0.3) is 0 Å². The van der Waals surface area contributed by atoms with Crippen LogP contribution in [0.15, 0.2) is 62.2 Å². The zero-order chi connectivity index (χ0) is 26.7. The van der Waals surface area contributed by atoms with Crippen LogP contribution in [-0.2, 0) is 17.9 Å². The molecule has 1 amide bonds. The molecule has 0 atom stereocenters. The first-order valence-corrected chi connectivity index (χ1v) is 12.4. The summed E-state index contributed by atoms with van der Waals surface area (Å²) in [6.45, 7) is 3.84. The molecule has 0 aliphatic heterocycles. The summed E-state index contributed by atoms with van der Waals surface area (Å²) in [4.78, 5) is 56.0. The van der Waals surface area contributed by atoms with E-state index in [2.05, 4.69) is 15.2 Å². The monoisotopic (exact) mass is 545 g/mol. The van der Waals surface area contributed by atoms with Gasteiger partial charge in [-0.3, -0.25) is 14.3 Å². The largest absolute Gasteiger partial charge is 0.489 e. The maximum absolute atomic E-state index is 13.6. The molecule has 1 heterocycles. The number of hydrogen-bond donors (Lipinski definition) is 1. The summed E-state index contributed by atoms with van der Waals surface area (Å²) < 4.78 is 8.01. The summed E-state index contributed by atoms with van der Waals surface area (Å²) in [5.41, 5.74) is -0.758. The Morgan fingerprint density at radius 1 is 1.11 bits per heavy atom. The minimum atomic E-state index is -0.801. The highest BCUT2D eigenvalue weighted by molar-refractivity contribution is 6.32. The van der Waals surface area contributed by atoms with Gasteiger partial charge < -0.3 is 4.74 Å². The number of amides is 1. The molecule has 37 heavy (non-hydrogen) atoms. The van der Waals surface area contributed by atoms with Crippen molar-refractivity contribution in [3.8, 4) is 5.75 Å². The first-order valence-electron chi connectivity index (χ1n) is 11.6. The predicted molar refractivity (Wildman–Crippen MR) is 139 cm³/mol. The number of carbonyl (C=O) groups excluding carboxylic acids is 1. The van der Waals surface area contributed by atoms with Crippen LogP contribution in [0.4, 0.5) is 5.69 Å². The average molecular weight is 546 g/mol. The Labute approximate surface area is 221 Å². The van der Waals surface area contributed by atoms with E-state index < -0.39 is 22.7 Å². The minimum absolute atomic E-state index is 0.0175. The molecule has 4 rings (SSSR count). The smallest absolute Gasteiger partial charge is 0.335 e. The highest BCUT2D eigenvalue weighted by Gasteiger charge is 2.45. The van der Waals surface area contributed by atoms with Crippen molar-refractivity contribution in [3.05, 3.63) is 89.6 Å². The molecule has 2 aromatic carbocycles. The van der Waals surface area contributed by atoms with Crippen LogP contribution >= 0.6 is 23.2 Å². The van der Waals surface area contributed by atoms with Gasteiger partial charge in [0.2, 0.25) is 5.62 Å². The zero-order valence-corrected chi connectivity index (χ0v) is 21.8. The van der Waals surface area contributed by atoms with Crippen LogP contribution in [0.2, 0.25) is 10.0 Å². The van der Waals surface area contributed by atoms with Crippen molar-refractivity contribution in [1.29, 1.82) is 0 Å². The fourth-order valence-electron chi connectivity index (χ4n) is 3.98. The number of H-pyrrole nitrogens is 1. The van der Waals surface area contributed by atoms with E-state index >= 15 is 0 Å². The number of aromatic amines is 1. The molecule has 1 aromatic heterocycles. The predicted octanol–water partition coefficient (Wildman–Crippen LogP) is 4.18. The van der Waals surface area contributed by atoms with Gasteiger partial charge in [0, 0.05) is 23.2 Å². The van der Waals surface area contributed by atoms with E-state index in [-0.39, 0.29) is 31.2 Å². The van der Waals surface area contributed by atoms with E-state index in [1.165, 1.54) is 4.57 Å². The van der Waals surface area contributed by atoms with Gasteiger partial charge in [-0.15, -0.1) is 4.91 Å². The molecule has 1 aliphatic carbocycles. The summed E-state index contributed by atoms with van der Waals surface area (Å²) >= 11 is 12.3. The molecular weight excluding hydrogens is 521 g/mol. The number of aromatic nitrogens is 3. The number of ether oxygens (including phenoxy) is 1. The molecule has 12 heteroatoms. The molecule has 1 saturated carbocycles. The Morgan fingerprint density at radius 2 is 1.81 bits per heavy atom. The fraction of sp³-hybridized carbons (Fsp3) is 0.360. The van der Waals surface area contributed by atoms with Gasteiger partial charge >= 0.3 is 11.4 Å². The van der Waals surface area contributed by atoms with E-state index in [1.807, 2.05) is 13.8 Å². The summed E-state index contributed by atoms with van der Waals surface area (Å²) in [6.07, 6.45) is 1.02. The molecule has 0 bridgehead atoms. The summed E-state index contributed by atoms with van der Waals surface area (Å²) in [5, 5.41) is 3.33. The molecule has 0 spiro atoms. The quantitative estimate of drug-likeness (QED) is 0.403. The van der Waals surface area contributed by atoms with Gasteiger partial charge in [0.15, 0.2) is 0 Å². The first-order chi connectivity index (χ1) is 17.6. The van der Waals surface area contributed by atoms with Gasteiger partial charge in [-0.25, -0.2) is 19.1 Å². The van der Waals surface area contributed by atoms with Gasteiger partial charge in [0.05, 0.1) is 23.4 Å². The van der Waals surface area contributed by atoms with Gasteiger partial charge in [-0.2, -0.15) is 0 Å². The van der Waals surface area contributed by atoms with Crippen molar-refractivity contribution in [2.24, 2.45) is 15.6 Å². The lowest BCUT2D eigenvalue weighted by Gasteiger charge is -2.16. The van der Waals surface area contributed by atoms with E-state index in [0.717, 1.165) is 10.1 Å². The third-order valence-corrected chi connectivity index (χ3v) is 6.57. The second-order valence-electron chi connectivity index (χ2n) is 9.39. The number of hydrogen-bond acceptors (Lipinski definition) is 6. The molecule has 0 radical (unpaired) electrons. The van der Waals surface area contributed by atoms with E-state index in [0.29, 0.717) is 34.3 Å². The topological polar surface area (TPSA) is 128 Å². The second kappa shape index (κ2) is 10.9. The van der Waals surface area contributed by atoms with Gasteiger partial charge in [-0.1, -0.05) is 35.3 Å². The fourth-order valence-corrected chi connectivity index (χ4v) is 4.33. The third-order valence-electron chi connectivity index (χ3n) is 6.03.